The molecule has 1 heterocycles. The van der Waals surface area contributed by atoms with E-state index in [9.17, 15) is 9.90 Å². The number of hydrogen-bond donors (Lipinski definition) is 1. The number of hydrogen-bond acceptors (Lipinski definition) is 3. The summed E-state index contributed by atoms with van der Waals surface area (Å²) in [7, 11) is 0. The molecule has 0 amide bonds. The summed E-state index contributed by atoms with van der Waals surface area (Å²) in [5.41, 5.74) is 2.07. The third kappa shape index (κ3) is 2.41. The van der Waals surface area contributed by atoms with Gasteiger partial charge in [0.2, 0.25) is 0 Å². The van der Waals surface area contributed by atoms with Crippen LogP contribution in [0, 0.1) is 0 Å². The van der Waals surface area contributed by atoms with E-state index in [1.54, 1.807) is 6.26 Å². The zero-order valence-electron chi connectivity index (χ0n) is 11.2. The maximum absolute atomic E-state index is 11.2. The van der Waals surface area contributed by atoms with E-state index >= 15 is 0 Å². The van der Waals surface area contributed by atoms with E-state index < -0.39 is 5.97 Å². The van der Waals surface area contributed by atoms with Crippen LogP contribution < -0.4 is 4.90 Å². The van der Waals surface area contributed by atoms with Gasteiger partial charge in [0, 0.05) is 17.7 Å². The van der Waals surface area contributed by atoms with E-state index in [-0.39, 0.29) is 12.6 Å². The fourth-order valence-corrected chi connectivity index (χ4v) is 2.93. The highest BCUT2D eigenvalue weighted by Crippen LogP contribution is 2.37. The molecule has 1 N–H and O–H groups in total. The van der Waals surface area contributed by atoms with Gasteiger partial charge in [-0.15, -0.1) is 0 Å². The summed E-state index contributed by atoms with van der Waals surface area (Å²) in [6.07, 6.45) is 4.62. The molecule has 1 aliphatic rings. The van der Waals surface area contributed by atoms with Crippen LogP contribution in [-0.4, -0.2) is 17.6 Å². The molecule has 104 valence electrons. The Morgan fingerprint density at radius 3 is 2.85 bits per heavy atom. The number of benzene rings is 1. The normalized spacial score (nSPS) is 17.5. The Bertz CT molecular complexity index is 591. The van der Waals surface area contributed by atoms with Crippen molar-refractivity contribution >= 4 is 11.7 Å². The van der Waals surface area contributed by atoms with Crippen LogP contribution >= 0.6 is 0 Å². The number of carboxylic acids is 1. The van der Waals surface area contributed by atoms with Gasteiger partial charge in [-0.1, -0.05) is 18.2 Å². The highest BCUT2D eigenvalue weighted by atomic mass is 16.4. The number of para-hydroxylation sites is 1. The average Bonchev–Trinajstić information content (AvgIpc) is 2.94. The minimum Gasteiger partial charge on any atom is -0.480 e. The SMILES string of the molecule is O=C(O)CN(c1ccccc1)C1CCCc2occc21. The second-order valence-corrected chi connectivity index (χ2v) is 5.06. The fourth-order valence-electron chi connectivity index (χ4n) is 2.93. The molecule has 1 aliphatic carbocycles. The number of aryl methyl sites for hydroxylation is 1. The molecule has 0 aliphatic heterocycles. The van der Waals surface area contributed by atoms with Gasteiger partial charge in [-0.25, -0.2) is 0 Å². The summed E-state index contributed by atoms with van der Waals surface area (Å²) in [6, 6.07) is 11.8. The third-order valence-electron chi connectivity index (χ3n) is 3.79. The van der Waals surface area contributed by atoms with Crippen molar-refractivity contribution in [2.45, 2.75) is 25.3 Å². The molecule has 1 aromatic heterocycles. The maximum atomic E-state index is 11.2. The van der Waals surface area contributed by atoms with Gasteiger partial charge in [-0.05, 0) is 31.0 Å². The van der Waals surface area contributed by atoms with Gasteiger partial charge < -0.3 is 14.4 Å². The molecule has 2 aromatic rings. The van der Waals surface area contributed by atoms with Crippen LogP contribution in [0.4, 0.5) is 5.69 Å². The Labute approximate surface area is 117 Å². The minimum atomic E-state index is -0.815. The summed E-state index contributed by atoms with van der Waals surface area (Å²) in [5.74, 6) is 0.178. The number of nitrogens with zero attached hydrogens (tertiary/aromatic N) is 1. The molecular formula is C16H17NO3. The Morgan fingerprint density at radius 1 is 1.30 bits per heavy atom. The van der Waals surface area contributed by atoms with Crippen molar-refractivity contribution < 1.29 is 14.3 Å². The van der Waals surface area contributed by atoms with E-state index in [1.165, 1.54) is 0 Å². The first-order chi connectivity index (χ1) is 9.75. The standard InChI is InChI=1S/C16H17NO3/c18-16(19)11-17(12-5-2-1-3-6-12)14-7-4-8-15-13(14)9-10-20-15/h1-3,5-6,9-10,14H,4,7-8,11H2,(H,18,19). The minimum absolute atomic E-state index is 0.000694. The van der Waals surface area contributed by atoms with Crippen LogP contribution in [0.1, 0.15) is 30.2 Å². The fraction of sp³-hybridized carbons (Fsp3) is 0.312. The van der Waals surface area contributed by atoms with Crippen LogP contribution in [-0.2, 0) is 11.2 Å². The van der Waals surface area contributed by atoms with E-state index in [0.717, 1.165) is 36.3 Å². The monoisotopic (exact) mass is 271 g/mol. The maximum Gasteiger partial charge on any atom is 0.323 e. The van der Waals surface area contributed by atoms with Gasteiger partial charge in [0.25, 0.3) is 0 Å². The molecule has 0 saturated heterocycles. The first-order valence-corrected chi connectivity index (χ1v) is 6.85. The van der Waals surface area contributed by atoms with Gasteiger partial charge in [-0.3, -0.25) is 4.79 Å². The van der Waals surface area contributed by atoms with Crippen molar-refractivity contribution in [2.24, 2.45) is 0 Å². The first-order valence-electron chi connectivity index (χ1n) is 6.85. The van der Waals surface area contributed by atoms with E-state index in [2.05, 4.69) is 0 Å². The Morgan fingerprint density at radius 2 is 2.10 bits per heavy atom. The van der Waals surface area contributed by atoms with Crippen molar-refractivity contribution in [3.63, 3.8) is 0 Å². The van der Waals surface area contributed by atoms with Crippen LogP contribution in [0.5, 0.6) is 0 Å². The number of carbonyl (C=O) groups is 1. The zero-order chi connectivity index (χ0) is 13.9. The average molecular weight is 271 g/mol. The summed E-state index contributed by atoms with van der Waals surface area (Å²) >= 11 is 0. The summed E-state index contributed by atoms with van der Waals surface area (Å²) < 4.78 is 5.50. The molecule has 4 heteroatoms. The van der Waals surface area contributed by atoms with Crippen LogP contribution in [0.15, 0.2) is 47.1 Å². The lowest BCUT2D eigenvalue weighted by Gasteiger charge is -2.34. The molecule has 1 unspecified atom stereocenters. The number of aliphatic carboxylic acids is 1. The number of fused-ring (bicyclic) bond motifs is 1. The topological polar surface area (TPSA) is 53.7 Å². The van der Waals surface area contributed by atoms with E-state index in [4.69, 9.17) is 4.42 Å². The van der Waals surface area contributed by atoms with Gasteiger partial charge in [0.1, 0.15) is 12.3 Å². The van der Waals surface area contributed by atoms with Crippen LogP contribution in [0.3, 0.4) is 0 Å². The predicted octanol–water partition coefficient (Wildman–Crippen LogP) is 3.25. The lowest BCUT2D eigenvalue weighted by molar-refractivity contribution is -0.135. The molecule has 4 nitrogen and oxygen atoms in total. The molecule has 1 atom stereocenters. The van der Waals surface area contributed by atoms with Crippen molar-refractivity contribution in [1.82, 2.24) is 0 Å². The summed E-state index contributed by atoms with van der Waals surface area (Å²) in [4.78, 5) is 13.2. The van der Waals surface area contributed by atoms with Gasteiger partial charge in [0.15, 0.2) is 0 Å². The van der Waals surface area contributed by atoms with Crippen molar-refractivity contribution in [2.75, 3.05) is 11.4 Å². The highest BCUT2D eigenvalue weighted by molar-refractivity contribution is 5.74. The number of furan rings is 1. The summed E-state index contributed by atoms with van der Waals surface area (Å²) in [6.45, 7) is -0.000694. The Hall–Kier alpha value is -2.23. The molecule has 0 fully saturated rings. The van der Waals surface area contributed by atoms with Gasteiger partial charge >= 0.3 is 5.97 Å². The molecule has 3 rings (SSSR count). The molecule has 0 spiro atoms. The Balaban J connectivity index is 1.97. The van der Waals surface area contributed by atoms with Crippen molar-refractivity contribution in [3.8, 4) is 0 Å². The van der Waals surface area contributed by atoms with Gasteiger partial charge in [-0.2, -0.15) is 0 Å². The van der Waals surface area contributed by atoms with Crippen molar-refractivity contribution in [3.05, 3.63) is 54.0 Å². The van der Waals surface area contributed by atoms with E-state index in [0.29, 0.717) is 0 Å². The lowest BCUT2D eigenvalue weighted by atomic mass is 9.91. The van der Waals surface area contributed by atoms with Gasteiger partial charge in [0.05, 0.1) is 12.3 Å². The molecule has 20 heavy (non-hydrogen) atoms. The van der Waals surface area contributed by atoms with Crippen LogP contribution in [0.2, 0.25) is 0 Å². The second kappa shape index (κ2) is 5.41. The molecule has 0 bridgehead atoms. The molecule has 1 aromatic carbocycles. The Kier molecular flexibility index (Phi) is 3.46. The quantitative estimate of drug-likeness (QED) is 0.927. The molecule has 0 saturated carbocycles. The number of carboxylic acid groups (broad SMARTS) is 1. The predicted molar refractivity (Wildman–Crippen MR) is 75.8 cm³/mol. The van der Waals surface area contributed by atoms with E-state index in [1.807, 2.05) is 41.3 Å². The third-order valence-corrected chi connectivity index (χ3v) is 3.79. The molecule has 0 radical (unpaired) electrons. The molecular weight excluding hydrogens is 254 g/mol. The smallest absolute Gasteiger partial charge is 0.323 e. The lowest BCUT2D eigenvalue weighted by Crippen LogP contribution is -2.35. The largest absolute Gasteiger partial charge is 0.480 e. The van der Waals surface area contributed by atoms with Crippen LogP contribution in [0.25, 0.3) is 0 Å². The first kappa shape index (κ1) is 12.8. The summed E-state index contributed by atoms with van der Waals surface area (Å²) in [5, 5.41) is 9.21. The zero-order valence-corrected chi connectivity index (χ0v) is 11.2. The highest BCUT2D eigenvalue weighted by Gasteiger charge is 2.29. The van der Waals surface area contributed by atoms with Crippen molar-refractivity contribution in [1.29, 1.82) is 0 Å². The number of anilines is 1. The second-order valence-electron chi connectivity index (χ2n) is 5.06. The number of rotatable bonds is 4.